The Bertz CT molecular complexity index is 5970. The van der Waals surface area contributed by atoms with Gasteiger partial charge in [-0.3, -0.25) is 0 Å². The van der Waals surface area contributed by atoms with E-state index in [1.54, 1.807) is 0 Å². The molecule has 1 N–H and O–H groups in total. The summed E-state index contributed by atoms with van der Waals surface area (Å²) in [6.45, 7) is 6.76. The summed E-state index contributed by atoms with van der Waals surface area (Å²) in [6.07, 6.45) is 6.60. The summed E-state index contributed by atoms with van der Waals surface area (Å²) in [5, 5.41) is 4.46. The van der Waals surface area contributed by atoms with Crippen molar-refractivity contribution in [3.05, 3.63) is 357 Å². The van der Waals surface area contributed by atoms with Gasteiger partial charge in [-0.1, -0.05) is 318 Å². The molecule has 4 aliphatic heterocycles. The number of fused-ring (bicyclic) bond motifs is 12. The molecule has 3 aliphatic carbocycles. The quantitative estimate of drug-likeness (QED) is 0.123. The van der Waals surface area contributed by atoms with Gasteiger partial charge in [-0.05, 0) is 188 Å². The van der Waals surface area contributed by atoms with Gasteiger partial charge in [0.05, 0.1) is 17.1 Å². The average molecular weight is 1420 g/mol. The minimum absolute atomic E-state index is 0.211. The van der Waals surface area contributed by atoms with E-state index in [2.05, 4.69) is 398 Å². The molecule has 7 heteroatoms. The standard InChI is InChI=1S/C104H83B2N5/c1-104(2,3)76-61-95-99-96(62-76)111(103-84(72-40-19-8-20-41-72)50-31-51-85(103)73-42-21-9-22-43-73)94-66-93-89(65-90(94)106(99)87-52-25-27-54-91(87)109(95)101-80(68-32-11-4-12-33-68)46-29-47-81(101)69-34-13-5-14-35-69)105-88-53-26-28-55-92(88)110(102-82(70-36-15-6-16-37-70)48-30-49-83(102)71-38-17-7-18-39-71)98-64-78(63-97(100(98)105)108(93)79-44-23-10-24-45-79)107-77-58-67-56-74(59-77)86-60-75(86)57-67/h4-55,61-67,74-75,77,86,107H,56-60H2,1-3H3. The Morgan fingerprint density at radius 2 is 0.613 bits per heavy atom. The Labute approximate surface area is 653 Å². The van der Waals surface area contributed by atoms with Crippen LogP contribution < -0.4 is 57.7 Å². The highest BCUT2D eigenvalue weighted by Gasteiger charge is 2.53. The van der Waals surface area contributed by atoms with Crippen LogP contribution in [0.4, 0.5) is 73.9 Å². The van der Waals surface area contributed by atoms with Crippen LogP contribution in [-0.4, -0.2) is 19.5 Å². The molecular weight excluding hydrogens is 1340 g/mol. The number of nitrogens with zero attached hydrogens (tertiary/aromatic N) is 4. The van der Waals surface area contributed by atoms with E-state index in [0.29, 0.717) is 6.04 Å². The van der Waals surface area contributed by atoms with Crippen molar-refractivity contribution in [2.24, 2.45) is 23.7 Å². The average Bonchev–Trinajstić information content (AvgIpc) is 1.41. The summed E-state index contributed by atoms with van der Waals surface area (Å²) >= 11 is 0. The maximum absolute atomic E-state index is 4.46. The van der Waals surface area contributed by atoms with Gasteiger partial charge in [0.2, 0.25) is 0 Å². The van der Waals surface area contributed by atoms with Gasteiger partial charge >= 0.3 is 0 Å². The maximum atomic E-state index is 4.46. The zero-order chi connectivity index (χ0) is 73.6. The molecule has 7 aliphatic rings. The van der Waals surface area contributed by atoms with Gasteiger partial charge in [0.25, 0.3) is 13.4 Å². The molecule has 0 aromatic heterocycles. The SMILES string of the molecule is CC(C)(C)c1cc2c3c(c1)N(c1c(-c4ccccc4)cccc1-c1ccccc1)c1cc4c(cc1B3c1ccccc1N2c1c(-c2ccccc2)cccc1-c1ccccc1)B1c2ccccc2N(c2c(-c3ccccc3)cccc2-c2ccccc2)c2cc(NC3CC5CC(C3)C3CC3C5)cc(c21)N4c1ccccc1. The number of hydrogen-bond acceptors (Lipinski definition) is 5. The van der Waals surface area contributed by atoms with E-state index in [1.807, 2.05) is 0 Å². The Kier molecular flexibility index (Phi) is 15.4. The molecule has 111 heavy (non-hydrogen) atoms. The van der Waals surface area contributed by atoms with Crippen LogP contribution >= 0.6 is 0 Å². The second kappa shape index (κ2) is 26.1. The summed E-state index contributed by atoms with van der Waals surface area (Å²) in [5.74, 6) is 3.36. The molecule has 15 aromatic carbocycles. The fraction of sp³-hybridized carbons (Fsp3) is 0.135. The molecule has 530 valence electrons. The van der Waals surface area contributed by atoms with Crippen LogP contribution in [-0.2, 0) is 5.41 Å². The zero-order valence-electron chi connectivity index (χ0n) is 62.9. The highest BCUT2D eigenvalue weighted by atomic mass is 15.2. The summed E-state index contributed by atoms with van der Waals surface area (Å²) in [5.41, 5.74) is 37.7. The van der Waals surface area contributed by atoms with Gasteiger partial charge in [0, 0.05) is 96.3 Å². The van der Waals surface area contributed by atoms with E-state index >= 15 is 0 Å². The summed E-state index contributed by atoms with van der Waals surface area (Å²) in [4.78, 5) is 10.8. The lowest BCUT2D eigenvalue weighted by Gasteiger charge is -2.48. The topological polar surface area (TPSA) is 25.0 Å². The van der Waals surface area contributed by atoms with Crippen LogP contribution in [0.15, 0.2) is 352 Å². The number of rotatable bonds is 12. The molecule has 3 saturated carbocycles. The first-order valence-corrected chi connectivity index (χ1v) is 40.2. The molecular formula is C104H83B2N5. The van der Waals surface area contributed by atoms with Crippen molar-refractivity contribution in [3.63, 3.8) is 0 Å². The molecule has 22 rings (SSSR count). The van der Waals surface area contributed by atoms with Crippen LogP contribution in [0.3, 0.4) is 0 Å². The van der Waals surface area contributed by atoms with Crippen LogP contribution in [0.2, 0.25) is 0 Å². The second-order valence-electron chi connectivity index (χ2n) is 33.1. The maximum Gasteiger partial charge on any atom is 0.252 e. The highest BCUT2D eigenvalue weighted by Crippen LogP contribution is 2.61. The normalized spacial score (nSPS) is 17.8. The number of benzene rings is 15. The Morgan fingerprint density at radius 1 is 0.279 bits per heavy atom. The summed E-state index contributed by atoms with van der Waals surface area (Å²) in [6, 6.07) is 134. The molecule has 0 spiro atoms. The van der Waals surface area contributed by atoms with Gasteiger partial charge < -0.3 is 24.9 Å². The van der Waals surface area contributed by atoms with E-state index in [0.717, 1.165) is 79.8 Å². The van der Waals surface area contributed by atoms with Crippen molar-refractivity contribution in [2.45, 2.75) is 64.3 Å². The first-order valence-electron chi connectivity index (χ1n) is 40.2. The van der Waals surface area contributed by atoms with Gasteiger partial charge in [-0.2, -0.15) is 0 Å². The molecule has 0 saturated heterocycles. The minimum atomic E-state index is -0.298. The third-order valence-corrected chi connectivity index (χ3v) is 25.7. The van der Waals surface area contributed by atoms with E-state index in [-0.39, 0.29) is 18.8 Å². The van der Waals surface area contributed by atoms with Crippen molar-refractivity contribution in [2.75, 3.05) is 24.9 Å². The van der Waals surface area contributed by atoms with Crippen LogP contribution in [0.5, 0.6) is 0 Å². The molecule has 2 bridgehead atoms. The first-order chi connectivity index (χ1) is 54.7. The van der Waals surface area contributed by atoms with Crippen molar-refractivity contribution in [1.82, 2.24) is 0 Å². The van der Waals surface area contributed by atoms with Gasteiger partial charge in [0.1, 0.15) is 0 Å². The van der Waals surface area contributed by atoms with Crippen molar-refractivity contribution >= 4 is 120 Å². The largest absolute Gasteiger partial charge is 0.382 e. The molecule has 15 aromatic rings. The minimum Gasteiger partial charge on any atom is -0.382 e. The molecule has 5 unspecified atom stereocenters. The number of nitrogens with one attached hydrogen (secondary N) is 1. The lowest BCUT2D eigenvalue weighted by atomic mass is 9.30. The monoisotopic (exact) mass is 1420 g/mol. The van der Waals surface area contributed by atoms with Crippen molar-refractivity contribution in [1.29, 1.82) is 0 Å². The summed E-state index contributed by atoms with van der Waals surface area (Å²) in [7, 11) is 0. The number of anilines is 13. The second-order valence-corrected chi connectivity index (χ2v) is 33.1. The lowest BCUT2D eigenvalue weighted by Crippen LogP contribution is -2.65. The predicted octanol–water partition coefficient (Wildman–Crippen LogP) is 23.4. The summed E-state index contributed by atoms with van der Waals surface area (Å²) < 4.78 is 0. The number of hydrogen-bond donors (Lipinski definition) is 1. The van der Waals surface area contributed by atoms with Crippen LogP contribution in [0.1, 0.15) is 58.4 Å². The molecule has 4 heterocycles. The highest BCUT2D eigenvalue weighted by molar-refractivity contribution is 7.03. The first kappa shape index (κ1) is 65.5. The Balaban J connectivity index is 0.872. The van der Waals surface area contributed by atoms with E-state index < -0.39 is 0 Å². The molecule has 3 fully saturated rings. The van der Waals surface area contributed by atoms with Crippen LogP contribution in [0.25, 0.3) is 66.8 Å². The fourth-order valence-corrected chi connectivity index (χ4v) is 20.9. The Morgan fingerprint density at radius 3 is 1.01 bits per heavy atom. The third-order valence-electron chi connectivity index (χ3n) is 25.7. The van der Waals surface area contributed by atoms with Gasteiger partial charge in [0.15, 0.2) is 0 Å². The van der Waals surface area contributed by atoms with E-state index in [1.165, 1.54) is 155 Å². The van der Waals surface area contributed by atoms with Crippen molar-refractivity contribution < 1.29 is 0 Å². The molecule has 5 nitrogen and oxygen atoms in total. The predicted molar refractivity (Wildman–Crippen MR) is 470 cm³/mol. The third kappa shape index (κ3) is 10.7. The molecule has 0 amide bonds. The smallest absolute Gasteiger partial charge is 0.252 e. The van der Waals surface area contributed by atoms with Gasteiger partial charge in [-0.15, -0.1) is 0 Å². The lowest BCUT2D eigenvalue weighted by molar-refractivity contribution is 0.166. The van der Waals surface area contributed by atoms with E-state index in [9.17, 15) is 0 Å². The molecule has 0 radical (unpaired) electrons. The number of para-hydroxylation sites is 6. The fourth-order valence-electron chi connectivity index (χ4n) is 20.9. The zero-order valence-corrected chi connectivity index (χ0v) is 62.9. The van der Waals surface area contributed by atoms with Crippen molar-refractivity contribution in [3.8, 4) is 66.8 Å². The van der Waals surface area contributed by atoms with Gasteiger partial charge in [-0.25, -0.2) is 0 Å². The molecule has 5 atom stereocenters. The van der Waals surface area contributed by atoms with E-state index in [4.69, 9.17) is 0 Å². The van der Waals surface area contributed by atoms with Crippen LogP contribution in [0, 0.1) is 23.7 Å². The Hall–Kier alpha value is -12.6.